The van der Waals surface area contributed by atoms with E-state index in [1.807, 2.05) is 4.90 Å². The van der Waals surface area contributed by atoms with Crippen molar-refractivity contribution in [1.29, 1.82) is 0 Å². The quantitative estimate of drug-likeness (QED) is 0.705. The topological polar surface area (TPSA) is 101 Å². The number of anilines is 2. The summed E-state index contributed by atoms with van der Waals surface area (Å²) in [5.74, 6) is -1.28. The Labute approximate surface area is 122 Å². The summed E-state index contributed by atoms with van der Waals surface area (Å²) in [6.07, 6.45) is 1.60. The van der Waals surface area contributed by atoms with E-state index in [0.717, 1.165) is 19.4 Å². The second kappa shape index (κ2) is 6.53. The number of piperidine rings is 1. The van der Waals surface area contributed by atoms with Gasteiger partial charge in [-0.3, -0.25) is 14.5 Å². The molecular weight excluding hydrogens is 275 g/mol. The summed E-state index contributed by atoms with van der Waals surface area (Å²) in [6.45, 7) is 1.41. The minimum Gasteiger partial charge on any atom is -0.396 e. The SMILES string of the molecule is NC(=O)C1CCCN(CC(=O)Nc2ccc(F)c(N)c2)C1. The molecule has 7 heteroatoms. The van der Waals surface area contributed by atoms with Gasteiger partial charge < -0.3 is 16.8 Å². The Hall–Kier alpha value is -2.15. The number of primary amides is 1. The first-order valence-electron chi connectivity index (χ1n) is 6.82. The lowest BCUT2D eigenvalue weighted by Gasteiger charge is -2.30. The van der Waals surface area contributed by atoms with Crippen LogP contribution in [0.1, 0.15) is 12.8 Å². The number of hydrogen-bond acceptors (Lipinski definition) is 4. The average Bonchev–Trinajstić information content (AvgIpc) is 2.43. The number of rotatable bonds is 4. The van der Waals surface area contributed by atoms with E-state index in [-0.39, 0.29) is 30.0 Å². The fourth-order valence-corrected chi connectivity index (χ4v) is 2.46. The zero-order chi connectivity index (χ0) is 15.4. The molecule has 0 aliphatic carbocycles. The molecule has 5 N–H and O–H groups in total. The third kappa shape index (κ3) is 4.16. The first-order valence-corrected chi connectivity index (χ1v) is 6.82. The van der Waals surface area contributed by atoms with E-state index >= 15 is 0 Å². The van der Waals surface area contributed by atoms with Crippen molar-refractivity contribution in [2.75, 3.05) is 30.7 Å². The Kier molecular flexibility index (Phi) is 4.74. The monoisotopic (exact) mass is 294 g/mol. The highest BCUT2D eigenvalue weighted by molar-refractivity contribution is 5.92. The summed E-state index contributed by atoms with van der Waals surface area (Å²) >= 11 is 0. The maximum absolute atomic E-state index is 13.0. The Bertz CT molecular complexity index is 550. The van der Waals surface area contributed by atoms with E-state index in [1.165, 1.54) is 18.2 Å². The molecule has 1 aliphatic rings. The van der Waals surface area contributed by atoms with E-state index in [4.69, 9.17) is 11.5 Å². The Morgan fingerprint density at radius 1 is 1.43 bits per heavy atom. The maximum atomic E-state index is 13.0. The highest BCUT2D eigenvalue weighted by Crippen LogP contribution is 2.18. The van der Waals surface area contributed by atoms with Crippen molar-refractivity contribution in [3.8, 4) is 0 Å². The van der Waals surface area contributed by atoms with E-state index in [1.54, 1.807) is 0 Å². The number of carbonyl (C=O) groups is 2. The minimum absolute atomic E-state index is 0.0143. The van der Waals surface area contributed by atoms with E-state index in [9.17, 15) is 14.0 Å². The molecule has 1 aliphatic heterocycles. The van der Waals surface area contributed by atoms with Gasteiger partial charge in [-0.15, -0.1) is 0 Å². The predicted molar refractivity (Wildman–Crippen MR) is 77.8 cm³/mol. The van der Waals surface area contributed by atoms with E-state index in [0.29, 0.717) is 12.2 Å². The van der Waals surface area contributed by atoms with Gasteiger partial charge in [-0.2, -0.15) is 0 Å². The molecule has 1 atom stereocenters. The molecule has 1 fully saturated rings. The minimum atomic E-state index is -0.520. The molecule has 0 saturated carbocycles. The van der Waals surface area contributed by atoms with Gasteiger partial charge in [0.05, 0.1) is 18.2 Å². The van der Waals surface area contributed by atoms with Crippen LogP contribution in [0.2, 0.25) is 0 Å². The molecule has 6 nitrogen and oxygen atoms in total. The van der Waals surface area contributed by atoms with E-state index < -0.39 is 5.82 Å². The van der Waals surface area contributed by atoms with Crippen molar-refractivity contribution < 1.29 is 14.0 Å². The first-order chi connectivity index (χ1) is 9.95. The van der Waals surface area contributed by atoms with Gasteiger partial charge in [-0.1, -0.05) is 0 Å². The number of nitrogens with zero attached hydrogens (tertiary/aromatic N) is 1. The number of benzene rings is 1. The lowest BCUT2D eigenvalue weighted by molar-refractivity contribution is -0.125. The van der Waals surface area contributed by atoms with Crippen LogP contribution in [0.5, 0.6) is 0 Å². The molecule has 114 valence electrons. The molecule has 2 rings (SSSR count). The number of carbonyl (C=O) groups excluding carboxylic acids is 2. The van der Waals surface area contributed by atoms with Crippen LogP contribution >= 0.6 is 0 Å². The third-order valence-electron chi connectivity index (χ3n) is 3.55. The van der Waals surface area contributed by atoms with Crippen molar-refractivity contribution in [1.82, 2.24) is 4.90 Å². The van der Waals surface area contributed by atoms with Crippen molar-refractivity contribution in [2.24, 2.45) is 11.7 Å². The maximum Gasteiger partial charge on any atom is 0.238 e. The molecule has 0 spiro atoms. The van der Waals surface area contributed by atoms with Crippen LogP contribution in [-0.2, 0) is 9.59 Å². The molecule has 21 heavy (non-hydrogen) atoms. The van der Waals surface area contributed by atoms with Gasteiger partial charge in [-0.05, 0) is 37.6 Å². The summed E-state index contributed by atoms with van der Waals surface area (Å²) in [6, 6.07) is 4.02. The molecule has 1 heterocycles. The van der Waals surface area contributed by atoms with Crippen LogP contribution in [0, 0.1) is 11.7 Å². The van der Waals surface area contributed by atoms with Crippen LogP contribution in [0.3, 0.4) is 0 Å². The number of nitrogens with two attached hydrogens (primary N) is 2. The van der Waals surface area contributed by atoms with Crippen LogP contribution in [0.15, 0.2) is 18.2 Å². The fourth-order valence-electron chi connectivity index (χ4n) is 2.46. The van der Waals surface area contributed by atoms with Crippen LogP contribution in [0.25, 0.3) is 0 Å². The van der Waals surface area contributed by atoms with Crippen molar-refractivity contribution in [3.05, 3.63) is 24.0 Å². The van der Waals surface area contributed by atoms with Gasteiger partial charge in [0.1, 0.15) is 5.82 Å². The van der Waals surface area contributed by atoms with Crippen LogP contribution in [0.4, 0.5) is 15.8 Å². The lowest BCUT2D eigenvalue weighted by atomic mass is 9.97. The number of nitrogens with one attached hydrogen (secondary N) is 1. The lowest BCUT2D eigenvalue weighted by Crippen LogP contribution is -2.44. The molecular formula is C14H19FN4O2. The van der Waals surface area contributed by atoms with Gasteiger partial charge in [-0.25, -0.2) is 4.39 Å². The van der Waals surface area contributed by atoms with Gasteiger partial charge in [0.2, 0.25) is 11.8 Å². The number of amides is 2. The van der Waals surface area contributed by atoms with E-state index in [2.05, 4.69) is 5.32 Å². The highest BCUT2D eigenvalue weighted by atomic mass is 19.1. The number of nitrogen functional groups attached to an aromatic ring is 1. The van der Waals surface area contributed by atoms with Gasteiger partial charge in [0, 0.05) is 12.2 Å². The average molecular weight is 294 g/mol. The van der Waals surface area contributed by atoms with Gasteiger partial charge >= 0.3 is 0 Å². The normalized spacial score (nSPS) is 19.2. The highest BCUT2D eigenvalue weighted by Gasteiger charge is 2.25. The van der Waals surface area contributed by atoms with Gasteiger partial charge in [0.15, 0.2) is 0 Å². The fraction of sp³-hybridized carbons (Fsp3) is 0.429. The van der Waals surface area contributed by atoms with Crippen LogP contribution < -0.4 is 16.8 Å². The standard InChI is InChI=1S/C14H19FN4O2/c15-11-4-3-10(6-12(11)16)18-13(20)8-19-5-1-2-9(7-19)14(17)21/h3-4,6,9H,1-2,5,7-8,16H2,(H2,17,21)(H,18,20). The van der Waals surface area contributed by atoms with Crippen molar-refractivity contribution in [2.45, 2.75) is 12.8 Å². The van der Waals surface area contributed by atoms with Crippen molar-refractivity contribution in [3.63, 3.8) is 0 Å². The molecule has 1 aromatic carbocycles. The zero-order valence-electron chi connectivity index (χ0n) is 11.6. The predicted octanol–water partition coefficient (Wildman–Crippen LogP) is 0.544. The first kappa shape index (κ1) is 15.2. The number of hydrogen-bond donors (Lipinski definition) is 3. The smallest absolute Gasteiger partial charge is 0.238 e. The Morgan fingerprint density at radius 3 is 2.86 bits per heavy atom. The third-order valence-corrected chi connectivity index (χ3v) is 3.55. The summed E-state index contributed by atoms with van der Waals surface area (Å²) in [4.78, 5) is 25.0. The molecule has 1 aromatic rings. The Balaban J connectivity index is 1.89. The summed E-state index contributed by atoms with van der Waals surface area (Å²) in [5.41, 5.74) is 11.2. The number of likely N-dealkylation sites (tertiary alicyclic amines) is 1. The summed E-state index contributed by atoms with van der Waals surface area (Å²) in [5, 5.41) is 2.66. The van der Waals surface area contributed by atoms with Crippen LogP contribution in [-0.4, -0.2) is 36.3 Å². The molecule has 1 unspecified atom stereocenters. The largest absolute Gasteiger partial charge is 0.396 e. The molecule has 1 saturated heterocycles. The second-order valence-electron chi connectivity index (χ2n) is 5.26. The Morgan fingerprint density at radius 2 is 2.19 bits per heavy atom. The summed E-state index contributed by atoms with van der Waals surface area (Å²) < 4.78 is 13.0. The molecule has 0 bridgehead atoms. The zero-order valence-corrected chi connectivity index (χ0v) is 11.6. The summed E-state index contributed by atoms with van der Waals surface area (Å²) in [7, 11) is 0. The second-order valence-corrected chi connectivity index (χ2v) is 5.26. The number of halogens is 1. The molecule has 0 radical (unpaired) electrons. The molecule has 0 aromatic heterocycles. The van der Waals surface area contributed by atoms with Gasteiger partial charge in [0.25, 0.3) is 0 Å². The van der Waals surface area contributed by atoms with Crippen molar-refractivity contribution >= 4 is 23.2 Å². The molecule has 2 amide bonds.